The Kier molecular flexibility index (Phi) is 3.70. The molecule has 4 heteroatoms. The average Bonchev–Trinajstić information content (AvgIpc) is 2.51. The molecule has 0 aromatic heterocycles. The van der Waals surface area contributed by atoms with Gasteiger partial charge in [-0.05, 0) is 68.4 Å². The van der Waals surface area contributed by atoms with Gasteiger partial charge in [-0.25, -0.2) is 0 Å². The zero-order valence-electron chi connectivity index (χ0n) is 13.7. The molecule has 0 radical (unpaired) electrons. The molecule has 0 atom stereocenters. The molecule has 0 unspecified atom stereocenters. The number of carbonyl (C=O) groups is 1. The number of ether oxygens (including phenoxy) is 2. The number of carbonyl (C=O) groups excluding carboxylic acids is 1. The molecule has 4 aliphatic carbocycles. The van der Waals surface area contributed by atoms with Gasteiger partial charge in [0.2, 0.25) is 0 Å². The molecule has 0 heterocycles. The predicted molar refractivity (Wildman–Crippen MR) is 87.5 cm³/mol. The number of hydrogen-bond acceptors (Lipinski definition) is 3. The number of nitrogens with one attached hydrogen (secondary N) is 1. The minimum Gasteiger partial charge on any atom is -0.493 e. The first-order valence-corrected chi connectivity index (χ1v) is 8.73. The van der Waals surface area contributed by atoms with Crippen LogP contribution in [0.15, 0.2) is 24.3 Å². The Bertz CT molecular complexity index is 563. The molecule has 4 bridgehead atoms. The van der Waals surface area contributed by atoms with E-state index in [-0.39, 0.29) is 18.1 Å². The van der Waals surface area contributed by atoms with Gasteiger partial charge in [0.15, 0.2) is 18.1 Å². The third-order valence-corrected chi connectivity index (χ3v) is 5.87. The van der Waals surface area contributed by atoms with Gasteiger partial charge in [-0.15, -0.1) is 0 Å². The van der Waals surface area contributed by atoms with Crippen molar-refractivity contribution in [3.63, 3.8) is 0 Å². The highest BCUT2D eigenvalue weighted by molar-refractivity contribution is 5.78. The first-order valence-electron chi connectivity index (χ1n) is 8.73. The van der Waals surface area contributed by atoms with E-state index in [1.54, 1.807) is 7.11 Å². The molecule has 124 valence electrons. The van der Waals surface area contributed by atoms with Crippen molar-refractivity contribution in [2.45, 2.75) is 44.1 Å². The lowest BCUT2D eigenvalue weighted by Gasteiger charge is -2.56. The summed E-state index contributed by atoms with van der Waals surface area (Å²) in [6.45, 7) is 0.0577. The van der Waals surface area contributed by atoms with Crippen LogP contribution in [0.2, 0.25) is 0 Å². The normalized spacial score (nSPS) is 34.2. The minimum absolute atomic E-state index is 0.00199. The average molecular weight is 315 g/mol. The van der Waals surface area contributed by atoms with Crippen LogP contribution >= 0.6 is 0 Å². The highest BCUT2D eigenvalue weighted by Gasteiger charge is 2.51. The van der Waals surface area contributed by atoms with Crippen LogP contribution in [-0.4, -0.2) is 25.2 Å². The fraction of sp³-hybridized carbons (Fsp3) is 0.632. The maximum Gasteiger partial charge on any atom is 0.258 e. The first-order chi connectivity index (χ1) is 11.2. The molecule has 23 heavy (non-hydrogen) atoms. The largest absolute Gasteiger partial charge is 0.493 e. The molecule has 4 aliphatic rings. The van der Waals surface area contributed by atoms with Crippen molar-refractivity contribution in [1.29, 1.82) is 0 Å². The number of methoxy groups -OCH3 is 1. The van der Waals surface area contributed by atoms with Gasteiger partial charge in [-0.3, -0.25) is 4.79 Å². The summed E-state index contributed by atoms with van der Waals surface area (Å²) in [5, 5.41) is 3.33. The lowest BCUT2D eigenvalue weighted by molar-refractivity contribution is -0.128. The van der Waals surface area contributed by atoms with Crippen LogP contribution in [-0.2, 0) is 4.79 Å². The second-order valence-electron chi connectivity index (χ2n) is 7.69. The monoisotopic (exact) mass is 315 g/mol. The number of hydrogen-bond donors (Lipinski definition) is 1. The Morgan fingerprint density at radius 3 is 2.22 bits per heavy atom. The van der Waals surface area contributed by atoms with Gasteiger partial charge >= 0.3 is 0 Å². The number of rotatable bonds is 5. The van der Waals surface area contributed by atoms with E-state index in [0.717, 1.165) is 17.8 Å². The van der Waals surface area contributed by atoms with Crippen molar-refractivity contribution in [3.8, 4) is 11.5 Å². The van der Waals surface area contributed by atoms with Gasteiger partial charge in [0, 0.05) is 5.54 Å². The molecule has 1 amide bonds. The topological polar surface area (TPSA) is 47.6 Å². The summed E-state index contributed by atoms with van der Waals surface area (Å²) in [6.07, 6.45) is 7.64. The maximum atomic E-state index is 12.4. The third-order valence-electron chi connectivity index (χ3n) is 5.87. The summed E-state index contributed by atoms with van der Waals surface area (Å²) in [4.78, 5) is 12.4. The second-order valence-corrected chi connectivity index (χ2v) is 7.69. The molecule has 4 saturated carbocycles. The quantitative estimate of drug-likeness (QED) is 0.908. The SMILES string of the molecule is COc1ccccc1OCC(=O)NC12CC3CC(CC(C3)C1)C2. The Balaban J connectivity index is 1.37. The zero-order chi connectivity index (χ0) is 15.9. The van der Waals surface area contributed by atoms with Crippen molar-refractivity contribution in [2.75, 3.05) is 13.7 Å². The Hall–Kier alpha value is -1.71. The fourth-order valence-corrected chi connectivity index (χ4v) is 5.48. The molecular formula is C19H25NO3. The van der Waals surface area contributed by atoms with Crippen molar-refractivity contribution < 1.29 is 14.3 Å². The second kappa shape index (κ2) is 5.73. The van der Waals surface area contributed by atoms with E-state index in [2.05, 4.69) is 5.32 Å². The van der Waals surface area contributed by atoms with E-state index in [4.69, 9.17) is 9.47 Å². The van der Waals surface area contributed by atoms with Crippen LogP contribution in [0, 0.1) is 17.8 Å². The number of benzene rings is 1. The van der Waals surface area contributed by atoms with Gasteiger partial charge < -0.3 is 14.8 Å². The number of para-hydroxylation sites is 2. The summed E-state index contributed by atoms with van der Waals surface area (Å²) in [5.41, 5.74) is 0.0516. The van der Waals surface area contributed by atoms with Gasteiger partial charge in [-0.2, -0.15) is 0 Å². The van der Waals surface area contributed by atoms with E-state index < -0.39 is 0 Å². The summed E-state index contributed by atoms with van der Waals surface area (Å²) in [7, 11) is 1.61. The molecule has 4 fully saturated rings. The van der Waals surface area contributed by atoms with Crippen LogP contribution in [0.4, 0.5) is 0 Å². The highest BCUT2D eigenvalue weighted by Crippen LogP contribution is 2.55. The van der Waals surface area contributed by atoms with Crippen LogP contribution in [0.1, 0.15) is 38.5 Å². The predicted octanol–water partition coefficient (Wildman–Crippen LogP) is 3.16. The molecule has 1 N–H and O–H groups in total. The molecule has 1 aromatic carbocycles. The third kappa shape index (κ3) is 2.91. The highest BCUT2D eigenvalue weighted by atomic mass is 16.5. The van der Waals surface area contributed by atoms with Crippen molar-refractivity contribution in [3.05, 3.63) is 24.3 Å². The van der Waals surface area contributed by atoms with Crippen molar-refractivity contribution >= 4 is 5.91 Å². The summed E-state index contributed by atoms with van der Waals surface area (Å²) < 4.78 is 10.9. The summed E-state index contributed by atoms with van der Waals surface area (Å²) in [5.74, 6) is 3.77. The van der Waals surface area contributed by atoms with Crippen LogP contribution in [0.3, 0.4) is 0 Å². The lowest BCUT2D eigenvalue weighted by atomic mass is 9.53. The zero-order valence-corrected chi connectivity index (χ0v) is 13.7. The van der Waals surface area contributed by atoms with Gasteiger partial charge in [0.25, 0.3) is 5.91 Å². The summed E-state index contributed by atoms with van der Waals surface area (Å²) >= 11 is 0. The first kappa shape index (κ1) is 14.9. The Morgan fingerprint density at radius 1 is 1.09 bits per heavy atom. The van der Waals surface area contributed by atoms with E-state index >= 15 is 0 Å². The van der Waals surface area contributed by atoms with Crippen molar-refractivity contribution in [2.24, 2.45) is 17.8 Å². The van der Waals surface area contributed by atoms with Gasteiger partial charge in [-0.1, -0.05) is 12.1 Å². The number of amides is 1. The molecule has 4 nitrogen and oxygen atoms in total. The van der Waals surface area contributed by atoms with E-state index in [0.29, 0.717) is 11.5 Å². The van der Waals surface area contributed by atoms with Gasteiger partial charge in [0.1, 0.15) is 0 Å². The van der Waals surface area contributed by atoms with Crippen LogP contribution in [0.25, 0.3) is 0 Å². The molecule has 1 aromatic rings. The smallest absolute Gasteiger partial charge is 0.258 e. The molecular weight excluding hydrogens is 290 g/mol. The van der Waals surface area contributed by atoms with Crippen molar-refractivity contribution in [1.82, 2.24) is 5.32 Å². The Labute approximate surface area is 137 Å². The maximum absolute atomic E-state index is 12.4. The molecule has 5 rings (SSSR count). The molecule has 0 aliphatic heterocycles. The summed E-state index contributed by atoms with van der Waals surface area (Å²) in [6, 6.07) is 7.44. The molecule has 0 spiro atoms. The van der Waals surface area contributed by atoms with Crippen LogP contribution in [0.5, 0.6) is 11.5 Å². The van der Waals surface area contributed by atoms with E-state index in [1.165, 1.54) is 38.5 Å². The lowest BCUT2D eigenvalue weighted by Crippen LogP contribution is -2.60. The minimum atomic E-state index is -0.00199. The fourth-order valence-electron chi connectivity index (χ4n) is 5.48. The van der Waals surface area contributed by atoms with E-state index in [9.17, 15) is 4.79 Å². The molecule has 0 saturated heterocycles. The van der Waals surface area contributed by atoms with E-state index in [1.807, 2.05) is 24.3 Å². The Morgan fingerprint density at radius 2 is 1.65 bits per heavy atom. The van der Waals surface area contributed by atoms with Gasteiger partial charge in [0.05, 0.1) is 7.11 Å². The standard InChI is InChI=1S/C19H25NO3/c1-22-16-4-2-3-5-17(16)23-12-18(21)20-19-9-13-6-14(10-19)8-15(7-13)11-19/h2-5,13-15H,6-12H2,1H3,(H,20,21). The van der Waals surface area contributed by atoms with Crippen LogP contribution < -0.4 is 14.8 Å².